The molecule has 1 aliphatic heterocycles. The summed E-state index contributed by atoms with van der Waals surface area (Å²) in [6, 6.07) is 0. The van der Waals surface area contributed by atoms with E-state index in [9.17, 15) is 0 Å². The summed E-state index contributed by atoms with van der Waals surface area (Å²) in [6.45, 7) is 6.85. The molecule has 1 N–H and O–H groups in total. The Bertz CT molecular complexity index is 124. The van der Waals surface area contributed by atoms with Crippen molar-refractivity contribution in [2.24, 2.45) is 0 Å². The molecule has 0 aromatic heterocycles. The molecule has 0 saturated carbocycles. The fourth-order valence-electron chi connectivity index (χ4n) is 1.70. The van der Waals surface area contributed by atoms with Crippen LogP contribution in [-0.4, -0.2) is 39.0 Å². The first-order valence-electron chi connectivity index (χ1n) is 5.83. The molecule has 3 nitrogen and oxygen atoms in total. The van der Waals surface area contributed by atoms with Gasteiger partial charge in [0.1, 0.15) is 0 Å². The van der Waals surface area contributed by atoms with Crippen molar-refractivity contribution in [1.82, 2.24) is 5.32 Å². The van der Waals surface area contributed by atoms with Crippen molar-refractivity contribution in [2.45, 2.75) is 38.7 Å². The standard InChI is InChI=1S/C11H23NO2/c1-2-13-9-4-7-12-8-6-11-5-3-10-14-11/h11-12H,2-10H2,1H3. The molecule has 0 radical (unpaired) electrons. The van der Waals surface area contributed by atoms with Crippen LogP contribution in [0.5, 0.6) is 0 Å². The second-order valence-corrected chi connectivity index (χ2v) is 3.72. The van der Waals surface area contributed by atoms with Crippen molar-refractivity contribution < 1.29 is 9.47 Å². The van der Waals surface area contributed by atoms with Crippen molar-refractivity contribution in [3.8, 4) is 0 Å². The smallest absolute Gasteiger partial charge is 0.0588 e. The van der Waals surface area contributed by atoms with Gasteiger partial charge in [-0.15, -0.1) is 0 Å². The Morgan fingerprint density at radius 1 is 1.43 bits per heavy atom. The first kappa shape index (κ1) is 12.0. The molecule has 84 valence electrons. The minimum Gasteiger partial charge on any atom is -0.382 e. The number of ether oxygens (including phenoxy) is 2. The molecular formula is C11H23NO2. The van der Waals surface area contributed by atoms with Crippen LogP contribution in [0.4, 0.5) is 0 Å². The number of nitrogens with one attached hydrogen (secondary N) is 1. The predicted molar refractivity (Wildman–Crippen MR) is 57.6 cm³/mol. The van der Waals surface area contributed by atoms with E-state index in [2.05, 4.69) is 5.32 Å². The number of hydrogen-bond donors (Lipinski definition) is 1. The minimum absolute atomic E-state index is 0.523. The Morgan fingerprint density at radius 2 is 2.36 bits per heavy atom. The van der Waals surface area contributed by atoms with Gasteiger partial charge < -0.3 is 14.8 Å². The maximum Gasteiger partial charge on any atom is 0.0588 e. The molecule has 1 fully saturated rings. The van der Waals surface area contributed by atoms with Gasteiger partial charge in [-0.3, -0.25) is 0 Å². The van der Waals surface area contributed by atoms with Gasteiger partial charge in [0.05, 0.1) is 6.10 Å². The third-order valence-electron chi connectivity index (χ3n) is 2.51. The summed E-state index contributed by atoms with van der Waals surface area (Å²) < 4.78 is 10.8. The fourth-order valence-corrected chi connectivity index (χ4v) is 1.70. The highest BCUT2D eigenvalue weighted by Gasteiger charge is 2.13. The first-order valence-corrected chi connectivity index (χ1v) is 5.83. The van der Waals surface area contributed by atoms with Crippen LogP contribution in [0.15, 0.2) is 0 Å². The van der Waals surface area contributed by atoms with Crippen LogP contribution in [-0.2, 0) is 9.47 Å². The zero-order chi connectivity index (χ0) is 10.1. The lowest BCUT2D eigenvalue weighted by Crippen LogP contribution is -2.22. The summed E-state index contributed by atoms with van der Waals surface area (Å²) in [5.41, 5.74) is 0. The molecule has 1 rings (SSSR count). The van der Waals surface area contributed by atoms with Gasteiger partial charge >= 0.3 is 0 Å². The van der Waals surface area contributed by atoms with Gasteiger partial charge in [-0.05, 0) is 45.7 Å². The van der Waals surface area contributed by atoms with Crippen molar-refractivity contribution >= 4 is 0 Å². The Labute approximate surface area is 87.2 Å². The molecular weight excluding hydrogens is 178 g/mol. The van der Waals surface area contributed by atoms with E-state index in [-0.39, 0.29) is 0 Å². The summed E-state index contributed by atoms with van der Waals surface area (Å²) in [6.07, 6.45) is 5.29. The van der Waals surface area contributed by atoms with Crippen molar-refractivity contribution in [3.63, 3.8) is 0 Å². The summed E-state index contributed by atoms with van der Waals surface area (Å²) >= 11 is 0. The van der Waals surface area contributed by atoms with Crippen LogP contribution in [0.3, 0.4) is 0 Å². The minimum atomic E-state index is 0.523. The molecule has 0 spiro atoms. The third-order valence-corrected chi connectivity index (χ3v) is 2.51. The number of hydrogen-bond acceptors (Lipinski definition) is 3. The van der Waals surface area contributed by atoms with Gasteiger partial charge in [0.15, 0.2) is 0 Å². The highest BCUT2D eigenvalue weighted by molar-refractivity contribution is 4.65. The average Bonchev–Trinajstić information content (AvgIpc) is 2.69. The maximum atomic E-state index is 5.53. The summed E-state index contributed by atoms with van der Waals surface area (Å²) in [7, 11) is 0. The fraction of sp³-hybridized carbons (Fsp3) is 1.00. The van der Waals surface area contributed by atoms with Crippen molar-refractivity contribution in [3.05, 3.63) is 0 Å². The van der Waals surface area contributed by atoms with Gasteiger partial charge in [-0.1, -0.05) is 0 Å². The van der Waals surface area contributed by atoms with E-state index in [0.717, 1.165) is 45.8 Å². The molecule has 0 bridgehead atoms. The molecule has 0 aromatic rings. The molecule has 1 saturated heterocycles. The number of rotatable bonds is 8. The van der Waals surface area contributed by atoms with Gasteiger partial charge in [0.25, 0.3) is 0 Å². The van der Waals surface area contributed by atoms with Gasteiger partial charge in [0, 0.05) is 19.8 Å². The summed E-state index contributed by atoms with van der Waals surface area (Å²) in [4.78, 5) is 0. The largest absolute Gasteiger partial charge is 0.382 e. The Morgan fingerprint density at radius 3 is 3.07 bits per heavy atom. The zero-order valence-electron chi connectivity index (χ0n) is 9.26. The van der Waals surface area contributed by atoms with E-state index in [1.54, 1.807) is 0 Å². The van der Waals surface area contributed by atoms with E-state index < -0.39 is 0 Å². The molecule has 1 atom stereocenters. The van der Waals surface area contributed by atoms with E-state index in [1.807, 2.05) is 6.92 Å². The van der Waals surface area contributed by atoms with Gasteiger partial charge in [0.2, 0.25) is 0 Å². The van der Waals surface area contributed by atoms with Gasteiger partial charge in [-0.25, -0.2) is 0 Å². The molecule has 0 amide bonds. The van der Waals surface area contributed by atoms with Crippen LogP contribution in [0.2, 0.25) is 0 Å². The zero-order valence-corrected chi connectivity index (χ0v) is 9.26. The normalized spacial score (nSPS) is 21.6. The molecule has 1 unspecified atom stereocenters. The predicted octanol–water partition coefficient (Wildman–Crippen LogP) is 1.57. The Kier molecular flexibility index (Phi) is 7.01. The summed E-state index contributed by atoms with van der Waals surface area (Å²) in [5.74, 6) is 0. The van der Waals surface area contributed by atoms with Crippen LogP contribution < -0.4 is 5.32 Å². The van der Waals surface area contributed by atoms with E-state index in [0.29, 0.717) is 6.10 Å². The monoisotopic (exact) mass is 201 g/mol. The van der Waals surface area contributed by atoms with Crippen molar-refractivity contribution in [2.75, 3.05) is 32.9 Å². The molecule has 14 heavy (non-hydrogen) atoms. The lowest BCUT2D eigenvalue weighted by atomic mass is 10.2. The van der Waals surface area contributed by atoms with E-state index >= 15 is 0 Å². The third kappa shape index (κ3) is 5.58. The highest BCUT2D eigenvalue weighted by Crippen LogP contribution is 2.14. The van der Waals surface area contributed by atoms with E-state index in [4.69, 9.17) is 9.47 Å². The highest BCUT2D eigenvalue weighted by atomic mass is 16.5. The van der Waals surface area contributed by atoms with Crippen molar-refractivity contribution in [1.29, 1.82) is 0 Å². The van der Waals surface area contributed by atoms with Crippen LogP contribution >= 0.6 is 0 Å². The average molecular weight is 201 g/mol. The molecule has 0 aromatic carbocycles. The van der Waals surface area contributed by atoms with Crippen LogP contribution in [0, 0.1) is 0 Å². The molecule has 1 aliphatic rings. The van der Waals surface area contributed by atoms with Gasteiger partial charge in [-0.2, -0.15) is 0 Å². The second kappa shape index (κ2) is 8.21. The van der Waals surface area contributed by atoms with Crippen LogP contribution in [0.25, 0.3) is 0 Å². The quantitative estimate of drug-likeness (QED) is 0.605. The topological polar surface area (TPSA) is 30.5 Å². The Hall–Kier alpha value is -0.120. The first-order chi connectivity index (χ1) is 6.93. The molecule has 3 heteroatoms. The lowest BCUT2D eigenvalue weighted by molar-refractivity contribution is 0.104. The van der Waals surface area contributed by atoms with E-state index in [1.165, 1.54) is 12.8 Å². The van der Waals surface area contributed by atoms with Crippen LogP contribution in [0.1, 0.15) is 32.6 Å². The molecule has 0 aliphatic carbocycles. The lowest BCUT2D eigenvalue weighted by Gasteiger charge is -2.09. The Balaban J connectivity index is 1.75. The summed E-state index contributed by atoms with van der Waals surface area (Å²) in [5, 5.41) is 3.41. The molecule has 1 heterocycles. The SMILES string of the molecule is CCOCCCNCCC1CCCO1. The second-order valence-electron chi connectivity index (χ2n) is 3.72. The maximum absolute atomic E-state index is 5.53.